The Morgan fingerprint density at radius 3 is 2.10 bits per heavy atom. The van der Waals surface area contributed by atoms with Gasteiger partial charge in [0, 0.05) is 0 Å². The lowest BCUT2D eigenvalue weighted by Crippen LogP contribution is -2.58. The average molecular weight is 435 g/mol. The second-order valence-electron chi connectivity index (χ2n) is 10.7. The van der Waals surface area contributed by atoms with Gasteiger partial charge in [0.15, 0.2) is 0 Å². The Hall–Kier alpha value is -1.80. The summed E-state index contributed by atoms with van der Waals surface area (Å²) in [6.07, 6.45) is 7.74. The molecular formula is C29H42OSi. The largest absolute Gasteiger partial charge is 0.508 e. The van der Waals surface area contributed by atoms with Crippen LogP contribution in [0.3, 0.4) is 0 Å². The number of benzene rings is 2. The van der Waals surface area contributed by atoms with Gasteiger partial charge in [-0.05, 0) is 62.7 Å². The van der Waals surface area contributed by atoms with Crippen molar-refractivity contribution < 1.29 is 5.11 Å². The van der Waals surface area contributed by atoms with Crippen LogP contribution in [-0.2, 0) is 17.3 Å². The predicted molar refractivity (Wildman–Crippen MR) is 140 cm³/mol. The van der Waals surface area contributed by atoms with Crippen molar-refractivity contribution in [3.8, 4) is 5.75 Å². The van der Waals surface area contributed by atoms with Crippen molar-refractivity contribution in [3.05, 3.63) is 58.7 Å². The van der Waals surface area contributed by atoms with Crippen LogP contribution in [0.15, 0.2) is 36.4 Å². The zero-order chi connectivity index (χ0) is 23.0. The summed E-state index contributed by atoms with van der Waals surface area (Å²) >= 11 is 0. The highest BCUT2D eigenvalue weighted by Gasteiger charge is 2.41. The Morgan fingerprint density at radius 1 is 0.871 bits per heavy atom. The first-order valence-corrected chi connectivity index (χ1v) is 14.7. The SMILES string of the molecule is CCC(C)(C)c1cc(C(C)(C)CC)c(O)c([Si](CC)(CC)c2cccc3c2C=CC3)c1. The molecule has 0 atom stereocenters. The Balaban J connectivity index is 2.40. The monoisotopic (exact) mass is 434 g/mol. The third-order valence-corrected chi connectivity index (χ3v) is 13.7. The van der Waals surface area contributed by atoms with E-state index in [-0.39, 0.29) is 10.8 Å². The van der Waals surface area contributed by atoms with Crippen molar-refractivity contribution in [2.75, 3.05) is 0 Å². The summed E-state index contributed by atoms with van der Waals surface area (Å²) in [6.45, 7) is 18.4. The molecule has 0 bridgehead atoms. The van der Waals surface area contributed by atoms with Crippen molar-refractivity contribution in [3.63, 3.8) is 0 Å². The number of hydrogen-bond donors (Lipinski definition) is 1. The van der Waals surface area contributed by atoms with Crippen molar-refractivity contribution in [1.82, 2.24) is 0 Å². The van der Waals surface area contributed by atoms with Gasteiger partial charge >= 0.3 is 0 Å². The molecule has 0 saturated carbocycles. The fraction of sp³-hybridized carbons (Fsp3) is 0.517. The smallest absolute Gasteiger partial charge is 0.123 e. The van der Waals surface area contributed by atoms with E-state index < -0.39 is 8.07 Å². The maximum Gasteiger partial charge on any atom is 0.123 e. The van der Waals surface area contributed by atoms with E-state index in [1.54, 1.807) is 0 Å². The predicted octanol–water partition coefficient (Wildman–Crippen LogP) is 6.94. The van der Waals surface area contributed by atoms with E-state index in [1.165, 1.54) is 27.1 Å². The van der Waals surface area contributed by atoms with Crippen molar-refractivity contribution >= 4 is 24.5 Å². The Kier molecular flexibility index (Phi) is 6.63. The number of hydrogen-bond acceptors (Lipinski definition) is 1. The maximum absolute atomic E-state index is 11.8. The lowest BCUT2D eigenvalue weighted by Gasteiger charge is -2.37. The number of phenols is 1. The van der Waals surface area contributed by atoms with Crippen LogP contribution in [0, 0.1) is 0 Å². The van der Waals surface area contributed by atoms with E-state index in [2.05, 4.69) is 97.9 Å². The zero-order valence-corrected chi connectivity index (χ0v) is 22.0. The summed E-state index contributed by atoms with van der Waals surface area (Å²) in [5.74, 6) is 0.567. The van der Waals surface area contributed by atoms with E-state index in [9.17, 15) is 5.11 Å². The topological polar surface area (TPSA) is 20.2 Å². The first-order valence-electron chi connectivity index (χ1n) is 12.2. The summed E-state index contributed by atoms with van der Waals surface area (Å²) in [6, 6.07) is 13.8. The van der Waals surface area contributed by atoms with Crippen LogP contribution in [0.2, 0.25) is 12.1 Å². The normalized spacial score (nSPS) is 14.2. The van der Waals surface area contributed by atoms with Crippen LogP contribution in [0.1, 0.15) is 90.5 Å². The van der Waals surface area contributed by atoms with Crippen molar-refractivity contribution in [2.24, 2.45) is 0 Å². The molecule has 0 saturated heterocycles. The minimum absolute atomic E-state index is 0.0567. The minimum Gasteiger partial charge on any atom is -0.508 e. The molecule has 1 aliphatic carbocycles. The van der Waals surface area contributed by atoms with Gasteiger partial charge < -0.3 is 5.11 Å². The number of aromatic hydroxyl groups is 1. The van der Waals surface area contributed by atoms with Gasteiger partial charge in [-0.3, -0.25) is 0 Å². The van der Waals surface area contributed by atoms with Crippen molar-refractivity contribution in [1.29, 1.82) is 0 Å². The molecule has 0 spiro atoms. The van der Waals surface area contributed by atoms with E-state index in [1.807, 2.05) is 0 Å². The summed E-state index contributed by atoms with van der Waals surface area (Å²) in [5.41, 5.74) is 5.40. The van der Waals surface area contributed by atoms with Gasteiger partial charge in [0.25, 0.3) is 0 Å². The third-order valence-electron chi connectivity index (χ3n) is 8.45. The first kappa shape index (κ1) is 23.9. The Labute approximate surface area is 191 Å². The third kappa shape index (κ3) is 3.93. The lowest BCUT2D eigenvalue weighted by molar-refractivity contribution is 0.428. The van der Waals surface area contributed by atoms with E-state index in [4.69, 9.17) is 0 Å². The molecule has 2 aromatic carbocycles. The van der Waals surface area contributed by atoms with Crippen LogP contribution < -0.4 is 10.4 Å². The fourth-order valence-corrected chi connectivity index (χ4v) is 9.67. The highest BCUT2D eigenvalue weighted by atomic mass is 28.3. The quantitative estimate of drug-likeness (QED) is 0.446. The van der Waals surface area contributed by atoms with Gasteiger partial charge in [-0.2, -0.15) is 0 Å². The first-order chi connectivity index (χ1) is 14.6. The van der Waals surface area contributed by atoms with E-state index in [0.717, 1.165) is 36.9 Å². The summed E-state index contributed by atoms with van der Waals surface area (Å²) in [4.78, 5) is 0. The second-order valence-corrected chi connectivity index (χ2v) is 15.3. The molecule has 1 N–H and O–H groups in total. The summed E-state index contributed by atoms with van der Waals surface area (Å²) in [5, 5.41) is 14.6. The molecular weight excluding hydrogens is 392 g/mol. The molecule has 1 aliphatic rings. The number of rotatable bonds is 8. The Bertz CT molecular complexity index is 976. The summed E-state index contributed by atoms with van der Waals surface area (Å²) < 4.78 is 0. The molecule has 0 aliphatic heterocycles. The van der Waals surface area contributed by atoms with E-state index >= 15 is 0 Å². The van der Waals surface area contributed by atoms with Crippen LogP contribution in [-0.4, -0.2) is 13.2 Å². The maximum atomic E-state index is 11.8. The van der Waals surface area contributed by atoms with Gasteiger partial charge in [0.2, 0.25) is 0 Å². The van der Waals surface area contributed by atoms with Gasteiger partial charge in [-0.25, -0.2) is 0 Å². The fourth-order valence-electron chi connectivity index (χ4n) is 5.17. The molecule has 1 nitrogen and oxygen atoms in total. The van der Waals surface area contributed by atoms with Crippen molar-refractivity contribution in [2.45, 2.75) is 97.6 Å². The molecule has 2 aromatic rings. The lowest BCUT2D eigenvalue weighted by atomic mass is 9.76. The van der Waals surface area contributed by atoms with Gasteiger partial charge in [-0.1, -0.05) is 110 Å². The number of allylic oxidation sites excluding steroid dienone is 1. The summed E-state index contributed by atoms with van der Waals surface area (Å²) in [7, 11) is -2.14. The van der Waals surface area contributed by atoms with Crippen LogP contribution in [0.4, 0.5) is 0 Å². The Morgan fingerprint density at radius 2 is 1.52 bits per heavy atom. The van der Waals surface area contributed by atoms with Crippen LogP contribution >= 0.6 is 0 Å². The van der Waals surface area contributed by atoms with Gasteiger partial charge in [0.1, 0.15) is 13.8 Å². The molecule has 0 fully saturated rings. The number of fused-ring (bicyclic) bond motifs is 1. The van der Waals surface area contributed by atoms with Gasteiger partial charge in [-0.15, -0.1) is 0 Å². The highest BCUT2D eigenvalue weighted by molar-refractivity contribution is 7.03. The standard InChI is InChI=1S/C29H42OSi/c1-9-28(5,6)22-19-24(29(7,8)10-2)27(30)26(20-22)31(11-3,12-4)25-18-14-16-21-15-13-17-23(21)25/h13-14,16-20,30H,9-12,15H2,1-8H3. The number of phenolic OH excluding ortho intramolecular Hbond substituents is 1. The minimum atomic E-state index is -2.14. The molecule has 2 heteroatoms. The molecule has 31 heavy (non-hydrogen) atoms. The average Bonchev–Trinajstić information content (AvgIpc) is 3.25. The molecule has 3 rings (SSSR count). The molecule has 0 heterocycles. The molecule has 0 radical (unpaired) electrons. The molecule has 0 unspecified atom stereocenters. The molecule has 168 valence electrons. The van der Waals surface area contributed by atoms with Gasteiger partial charge in [0.05, 0.1) is 0 Å². The molecule has 0 amide bonds. The van der Waals surface area contributed by atoms with Crippen LogP contribution in [0.25, 0.3) is 6.08 Å². The van der Waals surface area contributed by atoms with E-state index in [0.29, 0.717) is 5.75 Å². The molecule has 0 aromatic heterocycles. The van der Waals surface area contributed by atoms with Crippen LogP contribution in [0.5, 0.6) is 5.75 Å². The second kappa shape index (κ2) is 8.62. The highest BCUT2D eigenvalue weighted by Crippen LogP contribution is 2.39. The zero-order valence-electron chi connectivity index (χ0n) is 21.0.